The Balaban J connectivity index is 0.000000394. The summed E-state index contributed by atoms with van der Waals surface area (Å²) in [5.74, 6) is -2.47. The van der Waals surface area contributed by atoms with E-state index in [1.165, 1.54) is 18.2 Å². The van der Waals surface area contributed by atoms with Gasteiger partial charge in [-0.25, -0.2) is 28.5 Å². The Hall–Kier alpha value is -4.62. The Morgan fingerprint density at radius 1 is 0.534 bits per heavy atom. The van der Waals surface area contributed by atoms with Crippen molar-refractivity contribution in [3.8, 4) is 0 Å². The molecule has 0 aliphatic rings. The lowest BCUT2D eigenvalue weighted by molar-refractivity contribution is -0.134. The fourth-order valence-electron chi connectivity index (χ4n) is 6.88. The Kier molecular flexibility index (Phi) is 21.9. The van der Waals surface area contributed by atoms with Gasteiger partial charge < -0.3 is 10.6 Å². The number of nitrogens with one attached hydrogen (secondary N) is 4. The number of halogens is 4. The third kappa shape index (κ3) is 16.7. The second-order valence-corrected chi connectivity index (χ2v) is 14.9. The number of amides is 2. The first-order chi connectivity index (χ1) is 27.2. The van der Waals surface area contributed by atoms with Crippen LogP contribution in [-0.2, 0) is 35.5 Å². The summed E-state index contributed by atoms with van der Waals surface area (Å²) >= 11 is 0. The summed E-state index contributed by atoms with van der Waals surface area (Å²) in [4.78, 5) is 24.0. The van der Waals surface area contributed by atoms with Gasteiger partial charge in [-0.1, -0.05) is 68.8 Å². The number of aryl methyl sites for hydroxylation is 5. The lowest BCUT2D eigenvalue weighted by Crippen LogP contribution is -2.29. The van der Waals surface area contributed by atoms with E-state index < -0.39 is 11.8 Å². The van der Waals surface area contributed by atoms with Crippen molar-refractivity contribution in [2.24, 2.45) is 11.8 Å². The Labute approximate surface area is 341 Å². The normalized spacial score (nSPS) is 11.8. The molecule has 4 aromatic carbocycles. The first kappa shape index (κ1) is 49.5. The van der Waals surface area contributed by atoms with Crippen LogP contribution in [0.1, 0.15) is 96.0 Å². The van der Waals surface area contributed by atoms with Gasteiger partial charge in [-0.3, -0.25) is 20.0 Å². The zero-order chi connectivity index (χ0) is 41.9. The molecule has 2 atom stereocenters. The van der Waals surface area contributed by atoms with Crippen molar-refractivity contribution in [2.75, 3.05) is 13.1 Å². The average Bonchev–Trinajstić information content (AvgIpc) is 3.19. The topological polar surface area (TPSA) is 123 Å². The number of hydroxylamine groups is 2. The van der Waals surface area contributed by atoms with E-state index in [4.69, 9.17) is 10.4 Å². The first-order valence-electron chi connectivity index (χ1n) is 19.5. The second-order valence-electron chi connectivity index (χ2n) is 14.9. The van der Waals surface area contributed by atoms with Crippen LogP contribution in [0.2, 0.25) is 0 Å². The molecule has 0 bridgehead atoms. The van der Waals surface area contributed by atoms with Gasteiger partial charge in [0.15, 0.2) is 0 Å². The lowest BCUT2D eigenvalue weighted by Gasteiger charge is -2.16. The number of hydrogen-bond acceptors (Lipinski definition) is 6. The molecule has 0 saturated carbocycles. The lowest BCUT2D eigenvalue weighted by atomic mass is 9.91. The van der Waals surface area contributed by atoms with Crippen LogP contribution in [0.15, 0.2) is 66.7 Å². The highest BCUT2D eigenvalue weighted by Crippen LogP contribution is 2.22. The molecule has 0 radical (unpaired) electrons. The Morgan fingerprint density at radius 2 is 0.914 bits per heavy atom. The van der Waals surface area contributed by atoms with Gasteiger partial charge in [0.1, 0.15) is 23.3 Å². The summed E-state index contributed by atoms with van der Waals surface area (Å²) in [6, 6.07) is 18.5. The van der Waals surface area contributed by atoms with E-state index in [9.17, 15) is 27.2 Å². The molecule has 4 rings (SSSR count). The molecule has 0 aromatic heterocycles. The quantitative estimate of drug-likeness (QED) is 0.0229. The number of carbonyl (C=O) groups excluding carboxylic acids is 2. The van der Waals surface area contributed by atoms with Gasteiger partial charge in [-0.2, -0.15) is 0 Å². The summed E-state index contributed by atoms with van der Waals surface area (Å²) in [6.45, 7) is 11.5. The summed E-state index contributed by atoms with van der Waals surface area (Å²) in [7, 11) is 0. The highest BCUT2D eigenvalue weighted by Gasteiger charge is 2.20. The monoisotopic (exact) mass is 810 g/mol. The molecule has 0 spiro atoms. The highest BCUT2D eigenvalue weighted by molar-refractivity contribution is 5.78. The van der Waals surface area contributed by atoms with Gasteiger partial charge in [0.25, 0.3) is 0 Å². The summed E-state index contributed by atoms with van der Waals surface area (Å²) in [6.07, 6.45) is 5.53. The van der Waals surface area contributed by atoms with Gasteiger partial charge in [-0.15, -0.1) is 0 Å². The van der Waals surface area contributed by atoms with Gasteiger partial charge in [0, 0.05) is 24.9 Å². The van der Waals surface area contributed by atoms with E-state index in [2.05, 4.69) is 10.6 Å². The number of rotatable bonds is 20. The SMILES string of the molecule is C.Cc1cc(CNCCCC[C@@H](Cc2cc(C)c(F)c(C)c2)C(=O)NO)ccc1F.Cc1cc(C[C@H](CCCCNCc2ccc(F)cc2)C(=O)NO)cc(C)c1F. The molecular formula is C46H62F4N4O4. The van der Waals surface area contributed by atoms with Crippen LogP contribution in [-0.4, -0.2) is 35.3 Å². The van der Waals surface area contributed by atoms with Gasteiger partial charge in [0.05, 0.1) is 0 Å². The number of unbranched alkanes of at least 4 members (excludes halogenated alkanes) is 2. The van der Waals surface area contributed by atoms with E-state index in [1.807, 2.05) is 6.07 Å². The van der Waals surface area contributed by atoms with Crippen molar-refractivity contribution in [2.45, 2.75) is 107 Å². The minimum Gasteiger partial charge on any atom is -0.313 e. The maximum absolute atomic E-state index is 13.8. The Bertz CT molecular complexity index is 1840. The van der Waals surface area contributed by atoms with E-state index in [0.29, 0.717) is 66.6 Å². The Morgan fingerprint density at radius 3 is 1.31 bits per heavy atom. The second kappa shape index (κ2) is 25.7. The molecule has 0 aliphatic heterocycles. The van der Waals surface area contributed by atoms with Crippen LogP contribution in [0.3, 0.4) is 0 Å². The van der Waals surface area contributed by atoms with E-state index in [0.717, 1.165) is 61.0 Å². The third-order valence-electron chi connectivity index (χ3n) is 10.0. The number of benzene rings is 4. The maximum atomic E-state index is 13.8. The predicted octanol–water partition coefficient (Wildman–Crippen LogP) is 9.36. The highest BCUT2D eigenvalue weighted by atomic mass is 19.1. The molecule has 318 valence electrons. The van der Waals surface area contributed by atoms with Crippen molar-refractivity contribution in [3.63, 3.8) is 0 Å². The number of hydrogen-bond donors (Lipinski definition) is 6. The molecule has 4 aromatic rings. The van der Waals surface area contributed by atoms with Crippen molar-refractivity contribution < 1.29 is 37.6 Å². The van der Waals surface area contributed by atoms with Crippen molar-refractivity contribution in [1.29, 1.82) is 0 Å². The maximum Gasteiger partial charge on any atom is 0.246 e. The van der Waals surface area contributed by atoms with Crippen LogP contribution >= 0.6 is 0 Å². The predicted molar refractivity (Wildman–Crippen MR) is 221 cm³/mol. The van der Waals surface area contributed by atoms with Gasteiger partial charge in [-0.05, 0) is 155 Å². The van der Waals surface area contributed by atoms with Crippen LogP contribution in [0.25, 0.3) is 0 Å². The summed E-state index contributed by atoms with van der Waals surface area (Å²) in [5, 5.41) is 24.7. The van der Waals surface area contributed by atoms with Crippen molar-refractivity contribution in [1.82, 2.24) is 21.6 Å². The molecule has 0 aliphatic carbocycles. The van der Waals surface area contributed by atoms with Gasteiger partial charge >= 0.3 is 0 Å². The van der Waals surface area contributed by atoms with E-state index >= 15 is 0 Å². The molecular weight excluding hydrogens is 749 g/mol. The molecule has 0 fully saturated rings. The molecule has 58 heavy (non-hydrogen) atoms. The molecule has 0 heterocycles. The van der Waals surface area contributed by atoms with Crippen molar-refractivity contribution in [3.05, 3.63) is 140 Å². The minimum absolute atomic E-state index is 0. The summed E-state index contributed by atoms with van der Waals surface area (Å²) in [5.41, 5.74) is 10.2. The zero-order valence-corrected chi connectivity index (χ0v) is 33.7. The smallest absolute Gasteiger partial charge is 0.246 e. The fourth-order valence-corrected chi connectivity index (χ4v) is 6.88. The van der Waals surface area contributed by atoms with E-state index in [1.54, 1.807) is 88.0 Å². The third-order valence-corrected chi connectivity index (χ3v) is 10.0. The standard InChI is InChI=1S/C23H30F2N2O2.C22H28F2N2O2.CH4/c1-15-10-18(7-8-21(15)24)14-26-9-5-4-6-20(23(28)27-29)13-19-11-16(2)22(25)17(3)12-19;1-15-11-18(12-16(2)21(15)24)13-19(22(27)26-28)5-3-4-10-25-14-17-6-8-20(23)9-7-17;/h7-8,10-12,20,26,29H,4-6,9,13-14H2,1-3H3,(H,27,28);6-9,11-12,19,25,28H,3-5,10,13-14H2,1-2H3,(H,26,27);1H4/t20-;19-;/m00./s1. The molecule has 2 amide bonds. The molecule has 8 nitrogen and oxygen atoms in total. The largest absolute Gasteiger partial charge is 0.313 e. The minimum atomic E-state index is -0.418. The molecule has 0 saturated heterocycles. The van der Waals surface area contributed by atoms with Crippen LogP contribution < -0.4 is 21.6 Å². The summed E-state index contributed by atoms with van der Waals surface area (Å²) < 4.78 is 53.8. The average molecular weight is 811 g/mol. The molecule has 6 N–H and O–H groups in total. The van der Waals surface area contributed by atoms with E-state index in [-0.39, 0.29) is 42.5 Å². The van der Waals surface area contributed by atoms with Crippen LogP contribution in [0.5, 0.6) is 0 Å². The first-order valence-corrected chi connectivity index (χ1v) is 19.5. The van der Waals surface area contributed by atoms with Gasteiger partial charge in [0.2, 0.25) is 11.8 Å². The zero-order valence-electron chi connectivity index (χ0n) is 33.7. The van der Waals surface area contributed by atoms with Crippen molar-refractivity contribution >= 4 is 11.8 Å². The van der Waals surface area contributed by atoms with Crippen LogP contribution in [0, 0.1) is 69.7 Å². The fraction of sp³-hybridized carbons (Fsp3) is 0.435. The number of carbonyl (C=O) groups is 2. The molecule has 0 unspecified atom stereocenters. The molecule has 12 heteroatoms. The van der Waals surface area contributed by atoms with Crippen LogP contribution in [0.4, 0.5) is 17.6 Å².